The molecule has 20 heavy (non-hydrogen) atoms. The molecule has 2 rings (SSSR count). The number of hydrogen-bond acceptors (Lipinski definition) is 2. The number of aliphatic hydroxyl groups is 1. The first-order valence-corrected chi connectivity index (χ1v) is 7.60. The first kappa shape index (κ1) is 15.5. The van der Waals surface area contributed by atoms with Crippen molar-refractivity contribution < 1.29 is 9.50 Å². The molecule has 1 aromatic carbocycles. The van der Waals surface area contributed by atoms with Crippen LogP contribution in [-0.2, 0) is 6.54 Å². The topological polar surface area (TPSA) is 23.5 Å². The maximum Gasteiger partial charge on any atom is 0.123 e. The Hall–Kier alpha value is -0.930. The van der Waals surface area contributed by atoms with E-state index >= 15 is 0 Å². The lowest BCUT2D eigenvalue weighted by Crippen LogP contribution is -2.45. The quantitative estimate of drug-likeness (QED) is 0.912. The van der Waals surface area contributed by atoms with Gasteiger partial charge in [-0.05, 0) is 55.8 Å². The van der Waals surface area contributed by atoms with E-state index in [0.29, 0.717) is 11.8 Å². The number of rotatable bonds is 4. The Bertz CT molecular complexity index is 418. The van der Waals surface area contributed by atoms with Crippen molar-refractivity contribution in [3.05, 3.63) is 35.6 Å². The number of halogens is 1. The Morgan fingerprint density at radius 2 is 1.90 bits per heavy atom. The van der Waals surface area contributed by atoms with E-state index in [1.807, 2.05) is 12.1 Å². The molecule has 0 spiro atoms. The van der Waals surface area contributed by atoms with Crippen LogP contribution >= 0.6 is 0 Å². The second kappa shape index (κ2) is 6.68. The molecule has 3 unspecified atom stereocenters. The number of benzene rings is 1. The van der Waals surface area contributed by atoms with Gasteiger partial charge in [0.05, 0.1) is 6.10 Å². The van der Waals surface area contributed by atoms with Crippen molar-refractivity contribution in [2.45, 2.75) is 51.8 Å². The molecular formula is C17H26FNO. The molecule has 2 nitrogen and oxygen atoms in total. The Balaban J connectivity index is 1.99. The van der Waals surface area contributed by atoms with Gasteiger partial charge in [0.2, 0.25) is 0 Å². The van der Waals surface area contributed by atoms with Gasteiger partial charge in [0.25, 0.3) is 0 Å². The molecule has 0 radical (unpaired) electrons. The molecule has 1 fully saturated rings. The molecule has 112 valence electrons. The van der Waals surface area contributed by atoms with Crippen molar-refractivity contribution in [2.75, 3.05) is 7.05 Å². The summed E-state index contributed by atoms with van der Waals surface area (Å²) in [6, 6.07) is 6.85. The molecular weight excluding hydrogens is 253 g/mol. The van der Waals surface area contributed by atoms with E-state index < -0.39 is 0 Å². The zero-order chi connectivity index (χ0) is 14.7. The van der Waals surface area contributed by atoms with E-state index in [-0.39, 0.29) is 18.0 Å². The zero-order valence-corrected chi connectivity index (χ0v) is 12.7. The van der Waals surface area contributed by atoms with E-state index in [9.17, 15) is 9.50 Å². The van der Waals surface area contributed by atoms with Gasteiger partial charge in [0.1, 0.15) is 5.82 Å². The number of hydrogen-bond donors (Lipinski definition) is 1. The monoisotopic (exact) mass is 279 g/mol. The number of nitrogens with zero attached hydrogens (tertiary/aromatic N) is 1. The molecule has 0 saturated heterocycles. The predicted octanol–water partition coefficient (Wildman–Crippen LogP) is 3.44. The van der Waals surface area contributed by atoms with E-state index in [0.717, 1.165) is 31.4 Å². The maximum absolute atomic E-state index is 12.9. The van der Waals surface area contributed by atoms with E-state index in [1.165, 1.54) is 12.1 Å². The van der Waals surface area contributed by atoms with Gasteiger partial charge in [-0.3, -0.25) is 4.90 Å². The molecule has 1 aromatic rings. The van der Waals surface area contributed by atoms with Gasteiger partial charge in [-0.15, -0.1) is 0 Å². The molecule has 0 heterocycles. The third-order valence-electron chi connectivity index (χ3n) is 4.68. The number of aliphatic hydroxyl groups excluding tert-OH is 1. The molecule has 3 atom stereocenters. The van der Waals surface area contributed by atoms with E-state index in [1.54, 1.807) is 0 Å². The first-order chi connectivity index (χ1) is 9.47. The normalized spacial score (nSPS) is 27.2. The summed E-state index contributed by atoms with van der Waals surface area (Å²) in [5.41, 5.74) is 1.09. The van der Waals surface area contributed by atoms with Gasteiger partial charge >= 0.3 is 0 Å². The SMILES string of the molecule is CC(C)C1CCC(O)C(N(C)Cc2ccc(F)cc2)C1. The first-order valence-electron chi connectivity index (χ1n) is 7.60. The molecule has 0 bridgehead atoms. The van der Waals surface area contributed by atoms with Crippen LogP contribution in [0.2, 0.25) is 0 Å². The van der Waals surface area contributed by atoms with Crippen molar-refractivity contribution in [2.24, 2.45) is 11.8 Å². The van der Waals surface area contributed by atoms with Crippen LogP contribution in [0.4, 0.5) is 4.39 Å². The average Bonchev–Trinajstić information content (AvgIpc) is 2.41. The van der Waals surface area contributed by atoms with Crippen LogP contribution in [0.1, 0.15) is 38.7 Å². The van der Waals surface area contributed by atoms with Crippen molar-refractivity contribution >= 4 is 0 Å². The van der Waals surface area contributed by atoms with Crippen molar-refractivity contribution in [1.29, 1.82) is 0 Å². The van der Waals surface area contributed by atoms with Crippen LogP contribution < -0.4 is 0 Å². The predicted molar refractivity (Wildman–Crippen MR) is 79.8 cm³/mol. The lowest BCUT2D eigenvalue weighted by Gasteiger charge is -2.40. The van der Waals surface area contributed by atoms with Gasteiger partial charge in [-0.1, -0.05) is 26.0 Å². The Morgan fingerprint density at radius 1 is 1.25 bits per heavy atom. The fraction of sp³-hybridized carbons (Fsp3) is 0.647. The lowest BCUT2D eigenvalue weighted by molar-refractivity contribution is 0.00314. The standard InChI is InChI=1S/C17H26FNO/c1-12(2)14-6-9-17(20)16(10-14)19(3)11-13-4-7-15(18)8-5-13/h4-5,7-8,12,14,16-17,20H,6,9-11H2,1-3H3. The van der Waals surface area contributed by atoms with Crippen molar-refractivity contribution in [1.82, 2.24) is 4.90 Å². The summed E-state index contributed by atoms with van der Waals surface area (Å²) >= 11 is 0. The van der Waals surface area contributed by atoms with Crippen LogP contribution in [-0.4, -0.2) is 29.2 Å². The fourth-order valence-corrected chi connectivity index (χ4v) is 3.24. The van der Waals surface area contributed by atoms with Gasteiger partial charge in [-0.2, -0.15) is 0 Å². The third kappa shape index (κ3) is 3.80. The molecule has 0 amide bonds. The summed E-state index contributed by atoms with van der Waals surface area (Å²) in [6.07, 6.45) is 2.83. The highest BCUT2D eigenvalue weighted by atomic mass is 19.1. The van der Waals surface area contributed by atoms with Crippen LogP contribution in [0.25, 0.3) is 0 Å². The zero-order valence-electron chi connectivity index (χ0n) is 12.7. The van der Waals surface area contributed by atoms with Crippen molar-refractivity contribution in [3.8, 4) is 0 Å². The largest absolute Gasteiger partial charge is 0.391 e. The molecule has 1 aliphatic carbocycles. The van der Waals surface area contributed by atoms with Gasteiger partial charge in [0.15, 0.2) is 0 Å². The lowest BCUT2D eigenvalue weighted by atomic mass is 9.77. The van der Waals surface area contributed by atoms with Crippen LogP contribution in [0.5, 0.6) is 0 Å². The van der Waals surface area contributed by atoms with Gasteiger partial charge < -0.3 is 5.11 Å². The molecule has 0 aliphatic heterocycles. The summed E-state index contributed by atoms with van der Waals surface area (Å²) in [7, 11) is 2.06. The Labute approximate surface area is 121 Å². The summed E-state index contributed by atoms with van der Waals surface area (Å²) in [5, 5.41) is 10.3. The number of likely N-dealkylation sites (N-methyl/N-ethyl adjacent to an activating group) is 1. The molecule has 3 heteroatoms. The van der Waals surface area contributed by atoms with E-state index in [2.05, 4.69) is 25.8 Å². The van der Waals surface area contributed by atoms with Crippen LogP contribution in [0.3, 0.4) is 0 Å². The molecule has 1 N–H and O–H groups in total. The van der Waals surface area contributed by atoms with Gasteiger partial charge in [-0.25, -0.2) is 4.39 Å². The Morgan fingerprint density at radius 3 is 2.50 bits per heavy atom. The summed E-state index contributed by atoms with van der Waals surface area (Å²) < 4.78 is 12.9. The maximum atomic E-state index is 12.9. The second-order valence-electron chi connectivity index (χ2n) is 6.49. The minimum absolute atomic E-state index is 0.200. The fourth-order valence-electron chi connectivity index (χ4n) is 3.24. The molecule has 0 aromatic heterocycles. The van der Waals surface area contributed by atoms with Crippen LogP contribution in [0.15, 0.2) is 24.3 Å². The smallest absolute Gasteiger partial charge is 0.123 e. The Kier molecular flexibility index (Phi) is 5.17. The highest BCUT2D eigenvalue weighted by molar-refractivity contribution is 5.16. The summed E-state index contributed by atoms with van der Waals surface area (Å²) in [5.74, 6) is 1.16. The minimum Gasteiger partial charge on any atom is -0.391 e. The van der Waals surface area contributed by atoms with Crippen LogP contribution in [0, 0.1) is 17.7 Å². The third-order valence-corrected chi connectivity index (χ3v) is 4.68. The average molecular weight is 279 g/mol. The van der Waals surface area contributed by atoms with Gasteiger partial charge in [0, 0.05) is 12.6 Å². The minimum atomic E-state index is -0.240. The highest BCUT2D eigenvalue weighted by Gasteiger charge is 2.32. The highest BCUT2D eigenvalue weighted by Crippen LogP contribution is 2.32. The second-order valence-corrected chi connectivity index (χ2v) is 6.49. The molecule has 1 saturated carbocycles. The van der Waals surface area contributed by atoms with E-state index in [4.69, 9.17) is 0 Å². The summed E-state index contributed by atoms with van der Waals surface area (Å²) in [6.45, 7) is 5.28. The summed E-state index contributed by atoms with van der Waals surface area (Å²) in [4.78, 5) is 2.21. The van der Waals surface area contributed by atoms with Crippen molar-refractivity contribution in [3.63, 3.8) is 0 Å². The molecule has 1 aliphatic rings.